The van der Waals surface area contributed by atoms with Gasteiger partial charge in [-0.05, 0) is 89.9 Å². The fraction of sp³-hybridized carbons (Fsp3) is 0.608. The third-order valence-corrected chi connectivity index (χ3v) is 8.82. The van der Waals surface area contributed by atoms with Gasteiger partial charge in [-0.3, -0.25) is 9.59 Å². The van der Waals surface area contributed by atoms with E-state index in [2.05, 4.69) is 124 Å². The molecule has 1 atom stereocenters. The zero-order valence-corrected chi connectivity index (χ0v) is 36.1. The minimum atomic E-state index is -0.590. The molecule has 0 aromatic heterocycles. The van der Waals surface area contributed by atoms with Crippen LogP contribution in [0.5, 0.6) is 0 Å². The van der Waals surface area contributed by atoms with Crippen LogP contribution in [0.2, 0.25) is 0 Å². The first-order valence-electron chi connectivity index (χ1n) is 22.4. The maximum absolute atomic E-state index is 12.6. The van der Waals surface area contributed by atoms with E-state index in [0.29, 0.717) is 19.4 Å². The first-order valence-corrected chi connectivity index (χ1v) is 22.4. The van der Waals surface area contributed by atoms with Crippen LogP contribution < -0.4 is 0 Å². The number of carbonyl (C=O) groups excluding carboxylic acids is 2. The molecule has 0 saturated heterocycles. The SMILES string of the molecule is CC/C=C\C/C=C\C/C=C\C/C=C\C/C=C\CCCCCC(=O)OCC(COCCCCCCCCCC)OC(=O)CC/C=C\C/C=C\C/C=C\C/C=C\CC. The van der Waals surface area contributed by atoms with E-state index in [1.165, 1.54) is 38.5 Å². The zero-order valence-electron chi connectivity index (χ0n) is 36.1. The summed E-state index contributed by atoms with van der Waals surface area (Å²) in [5, 5.41) is 0. The van der Waals surface area contributed by atoms with Gasteiger partial charge in [0.25, 0.3) is 0 Å². The van der Waals surface area contributed by atoms with Crippen molar-refractivity contribution in [2.24, 2.45) is 0 Å². The summed E-state index contributed by atoms with van der Waals surface area (Å²) in [7, 11) is 0. The van der Waals surface area contributed by atoms with Gasteiger partial charge in [0.2, 0.25) is 0 Å². The molecule has 56 heavy (non-hydrogen) atoms. The number of ether oxygens (including phenoxy) is 3. The van der Waals surface area contributed by atoms with Gasteiger partial charge in [0.1, 0.15) is 6.61 Å². The Labute approximate surface area is 344 Å². The largest absolute Gasteiger partial charge is 0.462 e. The highest BCUT2D eigenvalue weighted by atomic mass is 16.6. The van der Waals surface area contributed by atoms with Crippen LogP contribution in [0.3, 0.4) is 0 Å². The Morgan fingerprint density at radius 1 is 0.411 bits per heavy atom. The first-order chi connectivity index (χ1) is 27.6. The molecule has 5 nitrogen and oxygen atoms in total. The molecular weight excluding hydrogens is 693 g/mol. The first kappa shape index (κ1) is 52.6. The topological polar surface area (TPSA) is 61.8 Å². The van der Waals surface area contributed by atoms with Crippen molar-refractivity contribution in [2.45, 2.75) is 181 Å². The van der Waals surface area contributed by atoms with E-state index < -0.39 is 6.10 Å². The van der Waals surface area contributed by atoms with Crippen LogP contribution in [-0.4, -0.2) is 37.9 Å². The molecule has 0 radical (unpaired) electrons. The second-order valence-electron chi connectivity index (χ2n) is 14.2. The number of unbranched alkanes of at least 4 members (excludes halogenated alkanes) is 10. The van der Waals surface area contributed by atoms with Crippen molar-refractivity contribution in [3.05, 3.63) is 109 Å². The summed E-state index contributed by atoms with van der Waals surface area (Å²) >= 11 is 0. The summed E-state index contributed by atoms with van der Waals surface area (Å²) in [4.78, 5) is 25.2. The molecule has 0 heterocycles. The lowest BCUT2D eigenvalue weighted by molar-refractivity contribution is -0.162. The van der Waals surface area contributed by atoms with E-state index in [0.717, 1.165) is 96.3 Å². The van der Waals surface area contributed by atoms with Crippen molar-refractivity contribution >= 4 is 11.9 Å². The predicted octanol–water partition coefficient (Wildman–Crippen LogP) is 14.9. The quantitative estimate of drug-likeness (QED) is 0.0354. The zero-order chi connectivity index (χ0) is 40.7. The van der Waals surface area contributed by atoms with Crippen molar-refractivity contribution in [1.29, 1.82) is 0 Å². The normalized spacial score (nSPS) is 13.3. The van der Waals surface area contributed by atoms with Gasteiger partial charge in [-0.25, -0.2) is 0 Å². The molecule has 316 valence electrons. The molecule has 0 aliphatic rings. The molecule has 0 aliphatic heterocycles. The van der Waals surface area contributed by atoms with E-state index >= 15 is 0 Å². The third-order valence-electron chi connectivity index (χ3n) is 8.82. The van der Waals surface area contributed by atoms with Crippen LogP contribution in [0.4, 0.5) is 0 Å². The van der Waals surface area contributed by atoms with Gasteiger partial charge >= 0.3 is 11.9 Å². The van der Waals surface area contributed by atoms with Gasteiger partial charge < -0.3 is 14.2 Å². The average Bonchev–Trinajstić information content (AvgIpc) is 3.20. The number of esters is 2. The highest BCUT2D eigenvalue weighted by molar-refractivity contribution is 5.70. The number of hydrogen-bond acceptors (Lipinski definition) is 5. The van der Waals surface area contributed by atoms with Crippen molar-refractivity contribution in [3.8, 4) is 0 Å². The summed E-state index contributed by atoms with van der Waals surface area (Å²) in [6.07, 6.45) is 62.5. The van der Waals surface area contributed by atoms with Gasteiger partial charge in [0.05, 0.1) is 6.61 Å². The van der Waals surface area contributed by atoms with Crippen molar-refractivity contribution < 1.29 is 23.8 Å². The smallest absolute Gasteiger partial charge is 0.306 e. The molecule has 0 bridgehead atoms. The van der Waals surface area contributed by atoms with E-state index in [-0.39, 0.29) is 31.6 Å². The number of carbonyl (C=O) groups is 2. The maximum Gasteiger partial charge on any atom is 0.306 e. The summed E-state index contributed by atoms with van der Waals surface area (Å²) in [5.41, 5.74) is 0. The van der Waals surface area contributed by atoms with Gasteiger partial charge in [-0.2, -0.15) is 0 Å². The summed E-state index contributed by atoms with van der Waals surface area (Å²) in [6, 6.07) is 0. The van der Waals surface area contributed by atoms with Crippen LogP contribution >= 0.6 is 0 Å². The monoisotopic (exact) mass is 775 g/mol. The Balaban J connectivity index is 4.36. The van der Waals surface area contributed by atoms with Crippen LogP contribution in [0, 0.1) is 0 Å². The summed E-state index contributed by atoms with van der Waals surface area (Å²) in [5.74, 6) is -0.539. The van der Waals surface area contributed by atoms with E-state index in [4.69, 9.17) is 14.2 Å². The number of rotatable bonds is 39. The summed E-state index contributed by atoms with van der Waals surface area (Å²) in [6.45, 7) is 7.44. The standard InChI is InChI=1S/C51H82O5/c1-4-7-10-13-16-19-21-23-24-25-26-27-28-30-31-33-35-38-41-44-50(52)55-48-49(47-54-46-43-40-37-18-15-12-9-6-3)56-51(53)45-42-39-36-34-32-29-22-20-17-14-11-8-5-2/h7-8,10-11,16-17,19-20,23-24,26-27,29-32,36,39,49H,4-6,9,12-15,18,21-22,25,28,33-35,37-38,40-48H2,1-3H3/b10-7-,11-8-,19-16-,20-17-,24-23-,27-26-,31-30-,32-29-,39-36-. The Bertz CT molecular complexity index is 1150. The lowest BCUT2D eigenvalue weighted by atomic mass is 10.1. The molecule has 0 rings (SSSR count). The van der Waals surface area contributed by atoms with Crippen molar-refractivity contribution in [3.63, 3.8) is 0 Å². The molecular formula is C51H82O5. The maximum atomic E-state index is 12.6. The van der Waals surface area contributed by atoms with Gasteiger partial charge in [-0.15, -0.1) is 0 Å². The molecule has 0 saturated carbocycles. The Kier molecular flexibility index (Phi) is 43.1. The second kappa shape index (κ2) is 45.9. The fourth-order valence-electron chi connectivity index (χ4n) is 5.55. The van der Waals surface area contributed by atoms with E-state index in [1.807, 2.05) is 6.08 Å². The molecule has 0 fully saturated rings. The van der Waals surface area contributed by atoms with Gasteiger partial charge in [0, 0.05) is 19.4 Å². The lowest BCUT2D eigenvalue weighted by Crippen LogP contribution is -2.30. The third kappa shape index (κ3) is 43.3. The molecule has 0 aliphatic carbocycles. The highest BCUT2D eigenvalue weighted by Crippen LogP contribution is 2.10. The molecule has 0 N–H and O–H groups in total. The van der Waals surface area contributed by atoms with Crippen LogP contribution in [0.25, 0.3) is 0 Å². The number of hydrogen-bond donors (Lipinski definition) is 0. The van der Waals surface area contributed by atoms with Gasteiger partial charge in [0.15, 0.2) is 6.10 Å². The minimum absolute atomic E-state index is 0.0337. The van der Waals surface area contributed by atoms with Crippen LogP contribution in [0.1, 0.15) is 175 Å². The molecule has 0 spiro atoms. The Hall–Kier alpha value is -3.44. The van der Waals surface area contributed by atoms with Crippen molar-refractivity contribution in [1.82, 2.24) is 0 Å². The van der Waals surface area contributed by atoms with E-state index in [1.54, 1.807) is 0 Å². The molecule has 1 unspecified atom stereocenters. The van der Waals surface area contributed by atoms with Crippen LogP contribution in [-0.2, 0) is 23.8 Å². The molecule has 0 aromatic rings. The number of allylic oxidation sites excluding steroid dienone is 18. The summed E-state index contributed by atoms with van der Waals surface area (Å²) < 4.78 is 17.1. The van der Waals surface area contributed by atoms with Crippen molar-refractivity contribution in [2.75, 3.05) is 19.8 Å². The minimum Gasteiger partial charge on any atom is -0.462 e. The Morgan fingerprint density at radius 2 is 0.839 bits per heavy atom. The second-order valence-corrected chi connectivity index (χ2v) is 14.2. The molecule has 0 amide bonds. The van der Waals surface area contributed by atoms with E-state index in [9.17, 15) is 9.59 Å². The fourth-order valence-corrected chi connectivity index (χ4v) is 5.55. The predicted molar refractivity (Wildman–Crippen MR) is 242 cm³/mol. The highest BCUT2D eigenvalue weighted by Gasteiger charge is 2.17. The van der Waals surface area contributed by atoms with Crippen LogP contribution in [0.15, 0.2) is 109 Å². The molecule has 0 aromatic carbocycles. The average molecular weight is 775 g/mol. The molecule has 5 heteroatoms. The Morgan fingerprint density at radius 3 is 1.34 bits per heavy atom. The lowest BCUT2D eigenvalue weighted by Gasteiger charge is -2.18. The van der Waals surface area contributed by atoms with Gasteiger partial charge in [-0.1, -0.05) is 182 Å².